The monoisotopic (exact) mass is 367 g/mol. The van der Waals surface area contributed by atoms with Crippen LogP contribution in [0.4, 0.5) is 11.4 Å². The maximum Gasteiger partial charge on any atom is 0.241 e. The molecule has 2 aromatic rings. The van der Waals surface area contributed by atoms with Gasteiger partial charge in [-0.2, -0.15) is 0 Å². The van der Waals surface area contributed by atoms with Crippen molar-refractivity contribution in [3.8, 4) is 5.75 Å². The zero-order valence-electron chi connectivity index (χ0n) is 16.4. The van der Waals surface area contributed by atoms with Crippen LogP contribution in [0.2, 0.25) is 0 Å². The van der Waals surface area contributed by atoms with Gasteiger partial charge in [-0.05, 0) is 44.5 Å². The fraction of sp³-hybridized carbons (Fsp3) is 0.409. The van der Waals surface area contributed by atoms with Gasteiger partial charge in [0.15, 0.2) is 0 Å². The first-order chi connectivity index (χ1) is 13.1. The Morgan fingerprint density at radius 3 is 2.44 bits per heavy atom. The average Bonchev–Trinajstić information content (AvgIpc) is 2.70. The van der Waals surface area contributed by atoms with Gasteiger partial charge in [-0.15, -0.1) is 0 Å². The van der Waals surface area contributed by atoms with Gasteiger partial charge < -0.3 is 15.0 Å². The number of aryl methyl sites for hydroxylation is 1. The number of hydrogen-bond acceptors (Lipinski definition) is 4. The summed E-state index contributed by atoms with van der Waals surface area (Å²) in [6.45, 7) is 10.1. The number of nitrogens with one attached hydrogen (secondary N) is 1. The molecule has 0 radical (unpaired) electrons. The van der Waals surface area contributed by atoms with Gasteiger partial charge >= 0.3 is 0 Å². The predicted octanol–water partition coefficient (Wildman–Crippen LogP) is 3.54. The van der Waals surface area contributed by atoms with E-state index in [4.69, 9.17) is 4.74 Å². The normalized spacial score (nSPS) is 16.0. The van der Waals surface area contributed by atoms with E-state index in [1.807, 2.05) is 63.2 Å². The maximum atomic E-state index is 12.7. The zero-order valence-corrected chi connectivity index (χ0v) is 16.4. The molecule has 1 unspecified atom stereocenters. The Balaban J connectivity index is 1.59. The molecule has 1 heterocycles. The van der Waals surface area contributed by atoms with Crippen LogP contribution >= 0.6 is 0 Å². The van der Waals surface area contributed by atoms with E-state index in [1.54, 1.807) is 0 Å². The molecule has 3 rings (SSSR count). The van der Waals surface area contributed by atoms with Crippen molar-refractivity contribution >= 4 is 17.3 Å². The third-order valence-corrected chi connectivity index (χ3v) is 5.15. The van der Waals surface area contributed by atoms with Gasteiger partial charge in [0.1, 0.15) is 5.75 Å². The summed E-state index contributed by atoms with van der Waals surface area (Å²) in [5.41, 5.74) is 3.10. The first kappa shape index (κ1) is 19.2. The van der Waals surface area contributed by atoms with Crippen LogP contribution in [-0.4, -0.2) is 49.6 Å². The van der Waals surface area contributed by atoms with E-state index in [2.05, 4.69) is 21.2 Å². The molecular weight excluding hydrogens is 338 g/mol. The number of ether oxygens (including phenoxy) is 1. The Labute approximate surface area is 161 Å². The number of hydrogen-bond donors (Lipinski definition) is 1. The molecule has 0 bridgehead atoms. The molecule has 0 saturated carbocycles. The summed E-state index contributed by atoms with van der Waals surface area (Å²) in [4.78, 5) is 17.3. The Hall–Kier alpha value is -2.53. The predicted molar refractivity (Wildman–Crippen MR) is 111 cm³/mol. The molecule has 1 atom stereocenters. The van der Waals surface area contributed by atoms with Crippen LogP contribution in [-0.2, 0) is 4.79 Å². The number of nitrogens with zero attached hydrogens (tertiary/aromatic N) is 2. The molecule has 1 saturated heterocycles. The van der Waals surface area contributed by atoms with Crippen LogP contribution in [0.5, 0.6) is 5.75 Å². The van der Waals surface area contributed by atoms with Crippen LogP contribution in [0.25, 0.3) is 0 Å². The highest BCUT2D eigenvalue weighted by Gasteiger charge is 2.26. The molecule has 27 heavy (non-hydrogen) atoms. The standard InChI is InChI=1S/C22H29N3O2/c1-4-27-21-12-8-7-11-20(21)25-15-13-24(14-16-25)18(3)22(26)23-19-10-6-5-9-17(19)2/h5-12,18H,4,13-16H2,1-3H3,(H,23,26). The van der Waals surface area contributed by atoms with Gasteiger partial charge in [0.25, 0.3) is 0 Å². The quantitative estimate of drug-likeness (QED) is 0.848. The lowest BCUT2D eigenvalue weighted by atomic mass is 10.1. The van der Waals surface area contributed by atoms with Gasteiger partial charge in [-0.1, -0.05) is 30.3 Å². The Morgan fingerprint density at radius 2 is 1.74 bits per heavy atom. The molecular formula is C22H29N3O2. The summed E-state index contributed by atoms with van der Waals surface area (Å²) in [5.74, 6) is 0.978. The van der Waals surface area contributed by atoms with Crippen molar-refractivity contribution in [1.29, 1.82) is 0 Å². The molecule has 0 spiro atoms. The molecule has 1 aliphatic heterocycles. The van der Waals surface area contributed by atoms with E-state index >= 15 is 0 Å². The molecule has 1 amide bonds. The van der Waals surface area contributed by atoms with Gasteiger partial charge in [0, 0.05) is 31.9 Å². The Bertz CT molecular complexity index is 770. The minimum absolute atomic E-state index is 0.0486. The molecule has 1 fully saturated rings. The molecule has 2 aromatic carbocycles. The number of rotatable bonds is 6. The average molecular weight is 367 g/mol. The van der Waals surface area contributed by atoms with Gasteiger partial charge in [-0.25, -0.2) is 0 Å². The van der Waals surface area contributed by atoms with Crippen molar-refractivity contribution in [3.05, 3.63) is 54.1 Å². The maximum absolute atomic E-state index is 12.7. The van der Waals surface area contributed by atoms with Crippen molar-refractivity contribution in [2.24, 2.45) is 0 Å². The third-order valence-electron chi connectivity index (χ3n) is 5.15. The molecule has 144 valence electrons. The first-order valence-corrected chi connectivity index (χ1v) is 9.67. The topological polar surface area (TPSA) is 44.8 Å². The second-order valence-corrected chi connectivity index (χ2v) is 6.90. The fourth-order valence-electron chi connectivity index (χ4n) is 3.46. The van der Waals surface area contributed by atoms with Gasteiger partial charge in [-0.3, -0.25) is 9.69 Å². The SMILES string of the molecule is CCOc1ccccc1N1CCN(C(C)C(=O)Nc2ccccc2C)CC1. The van der Waals surface area contributed by atoms with E-state index in [1.165, 1.54) is 0 Å². The number of anilines is 2. The first-order valence-electron chi connectivity index (χ1n) is 9.67. The van der Waals surface area contributed by atoms with Gasteiger partial charge in [0.05, 0.1) is 18.3 Å². The van der Waals surface area contributed by atoms with Crippen molar-refractivity contribution in [2.75, 3.05) is 43.0 Å². The zero-order chi connectivity index (χ0) is 19.2. The molecule has 5 heteroatoms. The summed E-state index contributed by atoms with van der Waals surface area (Å²) in [6.07, 6.45) is 0. The summed E-state index contributed by atoms with van der Waals surface area (Å²) >= 11 is 0. The highest BCUT2D eigenvalue weighted by atomic mass is 16.5. The van der Waals surface area contributed by atoms with Crippen molar-refractivity contribution in [3.63, 3.8) is 0 Å². The molecule has 0 aromatic heterocycles. The molecule has 1 N–H and O–H groups in total. The lowest BCUT2D eigenvalue weighted by Crippen LogP contribution is -2.52. The van der Waals surface area contributed by atoms with Crippen LogP contribution in [0, 0.1) is 6.92 Å². The summed E-state index contributed by atoms with van der Waals surface area (Å²) in [6, 6.07) is 15.9. The van der Waals surface area contributed by atoms with E-state index in [-0.39, 0.29) is 11.9 Å². The van der Waals surface area contributed by atoms with Crippen molar-refractivity contribution in [2.45, 2.75) is 26.8 Å². The highest BCUT2D eigenvalue weighted by Crippen LogP contribution is 2.29. The second kappa shape index (κ2) is 8.91. The summed E-state index contributed by atoms with van der Waals surface area (Å²) < 4.78 is 5.76. The minimum atomic E-state index is -0.158. The van der Waals surface area contributed by atoms with E-state index < -0.39 is 0 Å². The van der Waals surface area contributed by atoms with Crippen LogP contribution in [0.3, 0.4) is 0 Å². The number of piperazine rings is 1. The van der Waals surface area contributed by atoms with Crippen molar-refractivity contribution in [1.82, 2.24) is 4.90 Å². The number of carbonyl (C=O) groups excluding carboxylic acids is 1. The van der Waals surface area contributed by atoms with Crippen LogP contribution in [0.15, 0.2) is 48.5 Å². The van der Waals surface area contributed by atoms with Gasteiger partial charge in [0.2, 0.25) is 5.91 Å². The molecule has 1 aliphatic rings. The highest BCUT2D eigenvalue weighted by molar-refractivity contribution is 5.95. The fourth-order valence-corrected chi connectivity index (χ4v) is 3.46. The molecule has 0 aliphatic carbocycles. The number of benzene rings is 2. The minimum Gasteiger partial charge on any atom is -0.492 e. The summed E-state index contributed by atoms with van der Waals surface area (Å²) in [7, 11) is 0. The van der Waals surface area contributed by atoms with E-state index in [9.17, 15) is 4.79 Å². The lowest BCUT2D eigenvalue weighted by Gasteiger charge is -2.39. The van der Waals surface area contributed by atoms with E-state index in [0.717, 1.165) is 48.9 Å². The van der Waals surface area contributed by atoms with E-state index in [0.29, 0.717) is 6.61 Å². The Kier molecular flexibility index (Phi) is 6.35. The largest absolute Gasteiger partial charge is 0.492 e. The third kappa shape index (κ3) is 4.61. The number of para-hydroxylation sites is 3. The van der Waals surface area contributed by atoms with Crippen LogP contribution < -0.4 is 15.0 Å². The lowest BCUT2D eigenvalue weighted by molar-refractivity contribution is -0.120. The number of amides is 1. The van der Waals surface area contributed by atoms with Crippen LogP contribution in [0.1, 0.15) is 19.4 Å². The molecule has 5 nitrogen and oxygen atoms in total. The Morgan fingerprint density at radius 1 is 1.07 bits per heavy atom. The smallest absolute Gasteiger partial charge is 0.241 e. The second-order valence-electron chi connectivity index (χ2n) is 6.90. The number of carbonyl (C=O) groups is 1. The van der Waals surface area contributed by atoms with Crippen molar-refractivity contribution < 1.29 is 9.53 Å². The summed E-state index contributed by atoms with van der Waals surface area (Å²) in [5, 5.41) is 3.06.